The van der Waals surface area contributed by atoms with Crippen LogP contribution in [-0.2, 0) is 6.42 Å². The molecule has 1 nitrogen and oxygen atoms in total. The number of alkyl halides is 3. The third kappa shape index (κ3) is 3.79. The van der Waals surface area contributed by atoms with Gasteiger partial charge in [-0.2, -0.15) is 13.2 Å². The van der Waals surface area contributed by atoms with Gasteiger partial charge < -0.3 is 5.32 Å². The van der Waals surface area contributed by atoms with Crippen LogP contribution in [0, 0.1) is 0 Å². The first-order valence-electron chi connectivity index (χ1n) is 5.28. The summed E-state index contributed by atoms with van der Waals surface area (Å²) in [5.41, 5.74) is 1.14. The third-order valence-electron chi connectivity index (χ3n) is 2.54. The standard InChI is InChI=1S/C11H16F3NS/c1-3-8-5-7-16-10(8)9(15-2)4-6-11(12,13)14/h5,7,9,15H,3-4,6H2,1-2H3. The smallest absolute Gasteiger partial charge is 0.312 e. The van der Waals surface area contributed by atoms with Gasteiger partial charge in [0.1, 0.15) is 0 Å². The predicted octanol–water partition coefficient (Wildman–Crippen LogP) is 3.91. The van der Waals surface area contributed by atoms with E-state index in [2.05, 4.69) is 5.32 Å². The van der Waals surface area contributed by atoms with Crippen LogP contribution in [0.15, 0.2) is 11.4 Å². The van der Waals surface area contributed by atoms with Crippen molar-refractivity contribution in [2.75, 3.05) is 7.05 Å². The zero-order valence-electron chi connectivity index (χ0n) is 9.40. The maximum absolute atomic E-state index is 12.2. The molecule has 0 bridgehead atoms. The Labute approximate surface area is 97.7 Å². The lowest BCUT2D eigenvalue weighted by Crippen LogP contribution is -2.19. The minimum Gasteiger partial charge on any atom is -0.312 e. The second-order valence-electron chi connectivity index (χ2n) is 3.66. The summed E-state index contributed by atoms with van der Waals surface area (Å²) in [6, 6.07) is 1.80. The van der Waals surface area contributed by atoms with Gasteiger partial charge in [-0.25, -0.2) is 0 Å². The van der Waals surface area contributed by atoms with Crippen LogP contribution in [0.25, 0.3) is 0 Å². The lowest BCUT2D eigenvalue weighted by molar-refractivity contribution is -0.136. The Balaban J connectivity index is 2.67. The SMILES string of the molecule is CCc1ccsc1C(CCC(F)(F)F)NC. The highest BCUT2D eigenvalue weighted by molar-refractivity contribution is 7.10. The van der Waals surface area contributed by atoms with Gasteiger partial charge in [-0.1, -0.05) is 6.92 Å². The fraction of sp³-hybridized carbons (Fsp3) is 0.636. The van der Waals surface area contributed by atoms with Gasteiger partial charge in [0.2, 0.25) is 0 Å². The molecule has 0 aromatic carbocycles. The van der Waals surface area contributed by atoms with E-state index >= 15 is 0 Å². The highest BCUT2D eigenvalue weighted by Crippen LogP contribution is 2.31. The molecule has 0 saturated carbocycles. The van der Waals surface area contributed by atoms with Gasteiger partial charge in [0.25, 0.3) is 0 Å². The molecule has 1 N–H and O–H groups in total. The lowest BCUT2D eigenvalue weighted by Gasteiger charge is -2.17. The Hall–Kier alpha value is -0.550. The average molecular weight is 251 g/mol. The molecule has 16 heavy (non-hydrogen) atoms. The van der Waals surface area contributed by atoms with Gasteiger partial charge in [0.15, 0.2) is 0 Å². The fourth-order valence-corrected chi connectivity index (χ4v) is 2.80. The molecular weight excluding hydrogens is 235 g/mol. The second kappa shape index (κ2) is 5.68. The van der Waals surface area contributed by atoms with E-state index in [1.165, 1.54) is 11.3 Å². The van der Waals surface area contributed by atoms with Gasteiger partial charge in [-0.05, 0) is 36.9 Å². The van der Waals surface area contributed by atoms with Crippen molar-refractivity contribution in [2.45, 2.75) is 38.4 Å². The topological polar surface area (TPSA) is 12.0 Å². The Morgan fingerprint density at radius 3 is 2.62 bits per heavy atom. The Kier molecular flexibility index (Phi) is 4.80. The van der Waals surface area contributed by atoms with Crippen molar-refractivity contribution in [3.63, 3.8) is 0 Å². The summed E-state index contributed by atoms with van der Waals surface area (Å²) < 4.78 is 36.5. The molecule has 5 heteroatoms. The van der Waals surface area contributed by atoms with Crippen LogP contribution in [0.1, 0.15) is 36.2 Å². The van der Waals surface area contributed by atoms with Crippen LogP contribution >= 0.6 is 11.3 Å². The molecule has 1 atom stereocenters. The molecule has 1 rings (SSSR count). The van der Waals surface area contributed by atoms with Crippen LogP contribution < -0.4 is 5.32 Å². The van der Waals surface area contributed by atoms with Crippen molar-refractivity contribution in [3.8, 4) is 0 Å². The number of nitrogens with one attached hydrogen (secondary N) is 1. The summed E-state index contributed by atoms with van der Waals surface area (Å²) in [5.74, 6) is 0. The van der Waals surface area contributed by atoms with Gasteiger partial charge in [0, 0.05) is 17.3 Å². The normalized spacial score (nSPS) is 14.1. The van der Waals surface area contributed by atoms with Crippen LogP contribution in [0.5, 0.6) is 0 Å². The largest absolute Gasteiger partial charge is 0.389 e. The van der Waals surface area contributed by atoms with E-state index in [1.54, 1.807) is 7.05 Å². The van der Waals surface area contributed by atoms with Crippen molar-refractivity contribution in [1.29, 1.82) is 0 Å². The second-order valence-corrected chi connectivity index (χ2v) is 4.61. The molecule has 0 fully saturated rings. The minimum absolute atomic E-state index is 0.105. The quantitative estimate of drug-likeness (QED) is 0.836. The summed E-state index contributed by atoms with van der Waals surface area (Å²) in [7, 11) is 1.71. The molecule has 1 aromatic heterocycles. The predicted molar refractivity (Wildman–Crippen MR) is 60.8 cm³/mol. The Morgan fingerprint density at radius 1 is 1.44 bits per heavy atom. The van der Waals surface area contributed by atoms with E-state index in [4.69, 9.17) is 0 Å². The molecule has 0 aliphatic heterocycles. The van der Waals surface area contributed by atoms with Crippen molar-refractivity contribution in [1.82, 2.24) is 5.32 Å². The fourth-order valence-electron chi connectivity index (χ4n) is 1.66. The minimum atomic E-state index is -4.07. The Morgan fingerprint density at radius 2 is 2.12 bits per heavy atom. The van der Waals surface area contributed by atoms with Crippen molar-refractivity contribution >= 4 is 11.3 Å². The lowest BCUT2D eigenvalue weighted by atomic mass is 10.0. The Bertz CT molecular complexity index is 319. The van der Waals surface area contributed by atoms with Gasteiger partial charge in [0.05, 0.1) is 0 Å². The molecular formula is C11H16F3NS. The molecule has 1 heterocycles. The zero-order valence-corrected chi connectivity index (χ0v) is 10.2. The van der Waals surface area contributed by atoms with E-state index in [0.29, 0.717) is 0 Å². The van der Waals surface area contributed by atoms with Crippen LogP contribution in [0.3, 0.4) is 0 Å². The molecule has 0 spiro atoms. The van der Waals surface area contributed by atoms with Crippen molar-refractivity contribution < 1.29 is 13.2 Å². The highest BCUT2D eigenvalue weighted by atomic mass is 32.1. The van der Waals surface area contributed by atoms with Crippen LogP contribution in [0.2, 0.25) is 0 Å². The van der Waals surface area contributed by atoms with E-state index in [0.717, 1.165) is 16.9 Å². The summed E-state index contributed by atoms with van der Waals surface area (Å²) in [4.78, 5) is 1.04. The molecule has 0 amide bonds. The molecule has 1 aromatic rings. The first-order valence-corrected chi connectivity index (χ1v) is 6.16. The number of hydrogen-bond acceptors (Lipinski definition) is 2. The van der Waals surface area contributed by atoms with Gasteiger partial charge in [-0.3, -0.25) is 0 Å². The number of aryl methyl sites for hydroxylation is 1. The number of rotatable bonds is 5. The third-order valence-corrected chi connectivity index (χ3v) is 3.62. The van der Waals surface area contributed by atoms with Crippen molar-refractivity contribution in [3.05, 3.63) is 21.9 Å². The summed E-state index contributed by atoms with van der Waals surface area (Å²) >= 11 is 1.53. The van der Waals surface area contributed by atoms with Gasteiger partial charge in [-0.15, -0.1) is 11.3 Å². The molecule has 0 aliphatic rings. The van der Waals surface area contributed by atoms with Crippen LogP contribution in [-0.4, -0.2) is 13.2 Å². The molecule has 0 saturated heterocycles. The van der Waals surface area contributed by atoms with Gasteiger partial charge >= 0.3 is 6.18 Å². The number of halogens is 3. The molecule has 0 radical (unpaired) electrons. The monoisotopic (exact) mass is 251 g/mol. The zero-order chi connectivity index (χ0) is 12.2. The van der Waals surface area contributed by atoms with E-state index in [9.17, 15) is 13.2 Å². The number of thiophene rings is 1. The molecule has 0 aliphatic carbocycles. The molecule has 1 unspecified atom stereocenters. The highest BCUT2D eigenvalue weighted by Gasteiger charge is 2.29. The maximum atomic E-state index is 12.2. The average Bonchev–Trinajstić information content (AvgIpc) is 2.65. The number of hydrogen-bond donors (Lipinski definition) is 1. The van der Waals surface area contributed by atoms with Crippen molar-refractivity contribution in [2.24, 2.45) is 0 Å². The summed E-state index contributed by atoms with van der Waals surface area (Å²) in [6.07, 6.45) is -3.84. The first kappa shape index (κ1) is 13.5. The maximum Gasteiger partial charge on any atom is 0.389 e. The summed E-state index contributed by atoms with van der Waals surface area (Å²) in [5, 5.41) is 4.90. The van der Waals surface area contributed by atoms with Crippen LogP contribution in [0.4, 0.5) is 13.2 Å². The van der Waals surface area contributed by atoms with E-state index < -0.39 is 12.6 Å². The van der Waals surface area contributed by atoms with E-state index in [1.807, 2.05) is 18.4 Å². The summed E-state index contributed by atoms with van der Waals surface area (Å²) in [6.45, 7) is 2.02. The van der Waals surface area contributed by atoms with E-state index in [-0.39, 0.29) is 12.5 Å². The molecule has 92 valence electrons. The first-order chi connectivity index (χ1) is 7.48.